The molecule has 0 fully saturated rings. The first-order valence-electron chi connectivity index (χ1n) is 7.90. The van der Waals surface area contributed by atoms with Gasteiger partial charge in [0, 0.05) is 4.88 Å². The summed E-state index contributed by atoms with van der Waals surface area (Å²) in [5, 5.41) is 11.1. The monoisotopic (exact) mass is 390 g/mol. The lowest BCUT2D eigenvalue weighted by molar-refractivity contribution is 0.342. The Morgan fingerprint density at radius 3 is 2.42 bits per heavy atom. The molecule has 0 aliphatic heterocycles. The summed E-state index contributed by atoms with van der Waals surface area (Å²) in [5.41, 5.74) is 0.756. The largest absolute Gasteiger partial charge is 0.492 e. The first kappa shape index (κ1) is 18.2. The van der Waals surface area contributed by atoms with E-state index in [0.717, 1.165) is 10.6 Å². The van der Waals surface area contributed by atoms with Crippen LogP contribution < -0.4 is 14.8 Å². The minimum atomic E-state index is -3.65. The highest BCUT2D eigenvalue weighted by atomic mass is 32.2. The molecule has 136 valence electrons. The van der Waals surface area contributed by atoms with E-state index in [1.165, 1.54) is 11.3 Å². The van der Waals surface area contributed by atoms with Gasteiger partial charge < -0.3 is 10.1 Å². The molecule has 0 saturated heterocycles. The van der Waals surface area contributed by atoms with E-state index in [0.29, 0.717) is 18.2 Å². The average molecular weight is 390 g/mol. The lowest BCUT2D eigenvalue weighted by Crippen LogP contribution is -2.13. The molecule has 2 heterocycles. The Morgan fingerprint density at radius 1 is 1.04 bits per heavy atom. The lowest BCUT2D eigenvalue weighted by Gasteiger charge is -2.11. The van der Waals surface area contributed by atoms with Gasteiger partial charge >= 0.3 is 0 Å². The summed E-state index contributed by atoms with van der Waals surface area (Å²) < 4.78 is 32.8. The van der Waals surface area contributed by atoms with E-state index in [2.05, 4.69) is 20.2 Å². The van der Waals surface area contributed by atoms with Crippen molar-refractivity contribution in [2.24, 2.45) is 0 Å². The van der Waals surface area contributed by atoms with Crippen LogP contribution in [0.15, 0.2) is 52.7 Å². The first-order valence-corrected chi connectivity index (χ1v) is 10.2. The number of nitrogens with one attached hydrogen (secondary N) is 2. The standard InChI is InChI=1S/C17H18N4O3S2/c1-3-24-14-7-5-4-6-13(14)18-15-9-10-16(20-19-15)21-26(22,23)17-11-8-12(2)25-17/h4-11H,3H2,1-2H3,(H,18,19)(H,20,21). The predicted octanol–water partition coefficient (Wildman–Crippen LogP) is 3.79. The van der Waals surface area contributed by atoms with E-state index in [1.54, 1.807) is 24.3 Å². The van der Waals surface area contributed by atoms with Crippen molar-refractivity contribution in [3.05, 3.63) is 53.4 Å². The second-order valence-corrected chi connectivity index (χ2v) is 8.53. The maximum atomic E-state index is 12.3. The molecule has 0 radical (unpaired) electrons. The van der Waals surface area contributed by atoms with Gasteiger partial charge in [-0.3, -0.25) is 4.72 Å². The highest BCUT2D eigenvalue weighted by molar-refractivity contribution is 7.94. The van der Waals surface area contributed by atoms with Gasteiger partial charge in [0.25, 0.3) is 10.0 Å². The molecule has 0 atom stereocenters. The molecule has 7 nitrogen and oxygen atoms in total. The van der Waals surface area contributed by atoms with Crippen LogP contribution in [-0.2, 0) is 10.0 Å². The molecule has 9 heteroatoms. The quantitative estimate of drug-likeness (QED) is 0.637. The van der Waals surface area contributed by atoms with Crippen molar-refractivity contribution in [1.29, 1.82) is 0 Å². The van der Waals surface area contributed by atoms with Crippen molar-refractivity contribution >= 4 is 38.7 Å². The van der Waals surface area contributed by atoms with E-state index in [4.69, 9.17) is 4.74 Å². The van der Waals surface area contributed by atoms with Gasteiger partial charge in [-0.05, 0) is 50.2 Å². The number of aromatic nitrogens is 2. The molecule has 1 aromatic carbocycles. The number of hydrogen-bond acceptors (Lipinski definition) is 7. The summed E-state index contributed by atoms with van der Waals surface area (Å²) >= 11 is 1.20. The molecular formula is C17H18N4O3S2. The molecule has 0 aliphatic rings. The molecule has 2 aromatic heterocycles. The van der Waals surface area contributed by atoms with Crippen molar-refractivity contribution in [2.45, 2.75) is 18.1 Å². The SMILES string of the molecule is CCOc1ccccc1Nc1ccc(NS(=O)(=O)c2ccc(C)s2)nn1. The van der Waals surface area contributed by atoms with Gasteiger partial charge in [0.2, 0.25) is 0 Å². The van der Waals surface area contributed by atoms with E-state index in [9.17, 15) is 8.42 Å². The van der Waals surface area contributed by atoms with E-state index in [-0.39, 0.29) is 10.0 Å². The molecule has 26 heavy (non-hydrogen) atoms. The highest BCUT2D eigenvalue weighted by Gasteiger charge is 2.17. The van der Waals surface area contributed by atoms with Crippen LogP contribution in [0.4, 0.5) is 17.3 Å². The topological polar surface area (TPSA) is 93.2 Å². The third-order valence-electron chi connectivity index (χ3n) is 3.33. The normalized spacial score (nSPS) is 11.2. The summed E-state index contributed by atoms with van der Waals surface area (Å²) in [4.78, 5) is 0.920. The summed E-state index contributed by atoms with van der Waals surface area (Å²) in [7, 11) is -3.65. The molecule has 3 aromatic rings. The molecule has 0 spiro atoms. The molecule has 0 bridgehead atoms. The number of anilines is 3. The third-order valence-corrected chi connectivity index (χ3v) is 6.18. The van der Waals surface area contributed by atoms with E-state index < -0.39 is 10.0 Å². The molecule has 0 aliphatic carbocycles. The third kappa shape index (κ3) is 4.30. The fourth-order valence-electron chi connectivity index (χ4n) is 2.19. The molecule has 0 amide bonds. The van der Waals surface area contributed by atoms with E-state index in [1.807, 2.05) is 38.1 Å². The van der Waals surface area contributed by atoms with Crippen LogP contribution in [0.1, 0.15) is 11.8 Å². The lowest BCUT2D eigenvalue weighted by atomic mass is 10.3. The Kier molecular flexibility index (Phi) is 5.38. The fraction of sp³-hybridized carbons (Fsp3) is 0.176. The summed E-state index contributed by atoms with van der Waals surface area (Å²) in [6.45, 7) is 4.31. The van der Waals surface area contributed by atoms with Crippen molar-refractivity contribution in [3.63, 3.8) is 0 Å². The number of hydrogen-bond donors (Lipinski definition) is 2. The van der Waals surface area contributed by atoms with Crippen LogP contribution in [0.3, 0.4) is 0 Å². The Morgan fingerprint density at radius 2 is 1.77 bits per heavy atom. The zero-order chi connectivity index (χ0) is 18.6. The van der Waals surface area contributed by atoms with Crippen LogP contribution in [-0.4, -0.2) is 25.2 Å². The first-order chi connectivity index (χ1) is 12.5. The van der Waals surface area contributed by atoms with Crippen LogP contribution in [0, 0.1) is 6.92 Å². The molecule has 0 unspecified atom stereocenters. The van der Waals surface area contributed by atoms with Crippen molar-refractivity contribution in [2.75, 3.05) is 16.6 Å². The Balaban J connectivity index is 1.73. The second kappa shape index (κ2) is 7.71. The molecule has 0 saturated carbocycles. The number of sulfonamides is 1. The smallest absolute Gasteiger partial charge is 0.272 e. The van der Waals surface area contributed by atoms with Gasteiger partial charge in [-0.15, -0.1) is 21.5 Å². The Labute approximate surface area is 156 Å². The van der Waals surface area contributed by atoms with Gasteiger partial charge in [0.1, 0.15) is 9.96 Å². The number of thiophene rings is 1. The summed E-state index contributed by atoms with van der Waals surface area (Å²) in [6, 6.07) is 14.0. The number of nitrogens with zero attached hydrogens (tertiary/aromatic N) is 2. The summed E-state index contributed by atoms with van der Waals surface area (Å²) in [5.74, 6) is 1.33. The van der Waals surface area contributed by atoms with Crippen LogP contribution in [0.2, 0.25) is 0 Å². The number of para-hydroxylation sites is 2. The Bertz CT molecular complexity index is 985. The van der Waals surface area contributed by atoms with Gasteiger partial charge in [0.05, 0.1) is 12.3 Å². The Hall–Kier alpha value is -2.65. The number of ether oxygens (including phenoxy) is 1. The minimum Gasteiger partial charge on any atom is -0.492 e. The van der Waals surface area contributed by atoms with Crippen molar-refractivity contribution in [1.82, 2.24) is 10.2 Å². The maximum absolute atomic E-state index is 12.3. The van der Waals surface area contributed by atoms with Crippen LogP contribution in [0.25, 0.3) is 0 Å². The van der Waals surface area contributed by atoms with Crippen molar-refractivity contribution in [3.8, 4) is 5.75 Å². The van der Waals surface area contributed by atoms with Gasteiger partial charge in [0.15, 0.2) is 11.6 Å². The molecule has 2 N–H and O–H groups in total. The number of aryl methyl sites for hydroxylation is 1. The van der Waals surface area contributed by atoms with Crippen LogP contribution >= 0.6 is 11.3 Å². The predicted molar refractivity (Wildman–Crippen MR) is 103 cm³/mol. The van der Waals surface area contributed by atoms with Gasteiger partial charge in [-0.25, -0.2) is 8.42 Å². The van der Waals surface area contributed by atoms with Crippen LogP contribution in [0.5, 0.6) is 5.75 Å². The zero-order valence-electron chi connectivity index (χ0n) is 14.3. The number of benzene rings is 1. The minimum absolute atomic E-state index is 0.152. The highest BCUT2D eigenvalue weighted by Crippen LogP contribution is 2.27. The zero-order valence-corrected chi connectivity index (χ0v) is 15.9. The van der Waals surface area contributed by atoms with Crippen molar-refractivity contribution < 1.29 is 13.2 Å². The average Bonchev–Trinajstić information content (AvgIpc) is 3.06. The van der Waals surface area contributed by atoms with Gasteiger partial charge in [-0.1, -0.05) is 12.1 Å². The van der Waals surface area contributed by atoms with E-state index >= 15 is 0 Å². The molecular weight excluding hydrogens is 372 g/mol. The van der Waals surface area contributed by atoms with Gasteiger partial charge in [-0.2, -0.15) is 0 Å². The maximum Gasteiger partial charge on any atom is 0.272 e. The fourth-order valence-corrected chi connectivity index (χ4v) is 4.47. The summed E-state index contributed by atoms with van der Waals surface area (Å²) in [6.07, 6.45) is 0. The number of rotatable bonds is 7. The second-order valence-electron chi connectivity index (χ2n) is 5.33. The molecule has 3 rings (SSSR count).